The zero-order valence-corrected chi connectivity index (χ0v) is 33.0. The number of likely N-dealkylation sites (tertiary alicyclic amines) is 2. The SMILES string of the molecule is CCCCC[C@@H](O)CCN1CC[C@@H](Cl)[C@@H]1CCc1ccc(C(=O)O)cc1.CCCCC[C@H](O)CCN1CC[C@@H](Cl)[C@@H]1CCc1ccc(C(=O)O)cc1. The van der Waals surface area contributed by atoms with Crippen LogP contribution in [-0.2, 0) is 12.8 Å². The maximum absolute atomic E-state index is 10.9. The number of aliphatic hydroxyl groups is 2. The number of benzene rings is 2. The summed E-state index contributed by atoms with van der Waals surface area (Å²) in [5, 5.41) is 38.6. The molecule has 2 saturated heterocycles. The number of hydrogen-bond donors (Lipinski definition) is 4. The molecule has 52 heavy (non-hydrogen) atoms. The van der Waals surface area contributed by atoms with Crippen molar-refractivity contribution in [2.24, 2.45) is 0 Å². The highest BCUT2D eigenvalue weighted by Gasteiger charge is 2.33. The van der Waals surface area contributed by atoms with Crippen molar-refractivity contribution >= 4 is 35.1 Å². The fourth-order valence-corrected chi connectivity index (χ4v) is 8.24. The van der Waals surface area contributed by atoms with E-state index in [9.17, 15) is 19.8 Å². The summed E-state index contributed by atoms with van der Waals surface area (Å²) >= 11 is 13.1. The zero-order chi connectivity index (χ0) is 37.9. The van der Waals surface area contributed by atoms with E-state index in [1.54, 1.807) is 24.3 Å². The first-order chi connectivity index (χ1) is 25.0. The maximum atomic E-state index is 10.9. The Morgan fingerprint density at radius 1 is 0.635 bits per heavy atom. The van der Waals surface area contributed by atoms with Crippen molar-refractivity contribution in [3.05, 3.63) is 70.8 Å². The van der Waals surface area contributed by atoms with Crippen LogP contribution in [0.3, 0.4) is 0 Å². The molecule has 0 spiro atoms. The molecule has 292 valence electrons. The van der Waals surface area contributed by atoms with Gasteiger partial charge in [0.15, 0.2) is 0 Å². The molecule has 0 aromatic heterocycles. The Bertz CT molecular complexity index is 1200. The predicted octanol–water partition coefficient (Wildman–Crippen LogP) is 8.66. The van der Waals surface area contributed by atoms with Gasteiger partial charge in [-0.1, -0.05) is 76.6 Å². The van der Waals surface area contributed by atoms with Crippen LogP contribution in [0.25, 0.3) is 0 Å². The van der Waals surface area contributed by atoms with Crippen LogP contribution in [0.1, 0.15) is 136 Å². The number of carboxylic acid groups (broad SMARTS) is 2. The first-order valence-electron chi connectivity index (χ1n) is 19.8. The van der Waals surface area contributed by atoms with Gasteiger partial charge < -0.3 is 20.4 Å². The molecule has 0 saturated carbocycles. The standard InChI is InChI=1S/2C21H32ClNO3/c2*1-2-3-4-5-18(24)12-14-23-15-13-19(22)20(23)11-8-16-6-9-17(10-7-16)21(25)26/h2*6-7,9-10,18-20,24H,2-5,8,11-15H2,1H3,(H,25,26)/t18-,19+,20-;18-,19-,20+/m01/s1. The van der Waals surface area contributed by atoms with E-state index < -0.39 is 11.9 Å². The average Bonchev–Trinajstić information content (AvgIpc) is 3.68. The number of aliphatic hydroxyl groups excluding tert-OH is 2. The zero-order valence-electron chi connectivity index (χ0n) is 31.5. The lowest BCUT2D eigenvalue weighted by atomic mass is 10.0. The quantitative estimate of drug-likeness (QED) is 0.0695. The molecular weight excluding hydrogens is 699 g/mol. The molecule has 0 unspecified atom stereocenters. The van der Waals surface area contributed by atoms with Crippen molar-refractivity contribution in [3.63, 3.8) is 0 Å². The Balaban J connectivity index is 0.000000280. The molecule has 0 amide bonds. The lowest BCUT2D eigenvalue weighted by Crippen LogP contribution is -2.35. The molecule has 2 fully saturated rings. The third-order valence-corrected chi connectivity index (χ3v) is 11.8. The van der Waals surface area contributed by atoms with Crippen LogP contribution in [-0.4, -0.2) is 103 Å². The highest BCUT2D eigenvalue weighted by Crippen LogP contribution is 2.29. The fourth-order valence-electron chi connectivity index (χ4n) is 7.47. The number of carbonyl (C=O) groups is 2. The lowest BCUT2D eigenvalue weighted by molar-refractivity contribution is 0.0686. The molecule has 0 bridgehead atoms. The van der Waals surface area contributed by atoms with Crippen LogP contribution in [0.2, 0.25) is 0 Å². The van der Waals surface area contributed by atoms with Crippen molar-refractivity contribution in [2.75, 3.05) is 26.2 Å². The van der Waals surface area contributed by atoms with E-state index in [4.69, 9.17) is 33.4 Å². The van der Waals surface area contributed by atoms with Gasteiger partial charge in [0.25, 0.3) is 0 Å². The minimum absolute atomic E-state index is 0.158. The van der Waals surface area contributed by atoms with E-state index in [1.807, 2.05) is 24.3 Å². The van der Waals surface area contributed by atoms with Crippen LogP contribution in [0.15, 0.2) is 48.5 Å². The smallest absolute Gasteiger partial charge is 0.335 e. The van der Waals surface area contributed by atoms with E-state index in [-0.39, 0.29) is 23.0 Å². The number of alkyl halides is 2. The number of carboxylic acids is 2. The molecule has 2 aromatic carbocycles. The van der Waals surface area contributed by atoms with Gasteiger partial charge in [0, 0.05) is 25.2 Å². The number of halogens is 2. The van der Waals surface area contributed by atoms with E-state index in [1.165, 1.54) is 25.7 Å². The summed E-state index contributed by atoms with van der Waals surface area (Å²) < 4.78 is 0. The van der Waals surface area contributed by atoms with Crippen LogP contribution in [0.4, 0.5) is 0 Å². The van der Waals surface area contributed by atoms with E-state index in [2.05, 4.69) is 23.6 Å². The van der Waals surface area contributed by atoms with Crippen molar-refractivity contribution in [2.45, 2.75) is 152 Å². The highest BCUT2D eigenvalue weighted by atomic mass is 35.5. The number of unbranched alkanes of at least 4 members (excludes halogenated alkanes) is 4. The van der Waals surface area contributed by atoms with Crippen LogP contribution < -0.4 is 0 Å². The van der Waals surface area contributed by atoms with Crippen molar-refractivity contribution in [1.82, 2.24) is 9.80 Å². The number of aryl methyl sites for hydroxylation is 2. The Hall–Kier alpha value is -2.20. The molecule has 2 heterocycles. The van der Waals surface area contributed by atoms with Gasteiger partial charge in [-0.15, -0.1) is 23.2 Å². The number of rotatable bonds is 22. The third kappa shape index (κ3) is 15.6. The molecule has 0 radical (unpaired) electrons. The first kappa shape index (κ1) is 44.2. The highest BCUT2D eigenvalue weighted by molar-refractivity contribution is 6.21. The molecule has 4 N–H and O–H groups in total. The average molecular weight is 764 g/mol. The Labute approximate surface area is 322 Å². The van der Waals surface area contributed by atoms with Gasteiger partial charge in [-0.2, -0.15) is 0 Å². The first-order valence-corrected chi connectivity index (χ1v) is 20.7. The molecule has 4 rings (SSSR count). The number of hydrogen-bond acceptors (Lipinski definition) is 6. The van der Waals surface area contributed by atoms with Gasteiger partial charge in [-0.05, 0) is 113 Å². The maximum Gasteiger partial charge on any atom is 0.335 e. The summed E-state index contributed by atoms with van der Waals surface area (Å²) in [6, 6.07) is 14.9. The summed E-state index contributed by atoms with van der Waals surface area (Å²) in [4.78, 5) is 26.7. The minimum Gasteiger partial charge on any atom is -0.478 e. The van der Waals surface area contributed by atoms with Crippen LogP contribution in [0.5, 0.6) is 0 Å². The molecule has 2 aliphatic heterocycles. The van der Waals surface area contributed by atoms with E-state index in [0.717, 1.165) is 114 Å². The van der Waals surface area contributed by atoms with Gasteiger partial charge in [0.2, 0.25) is 0 Å². The summed E-state index contributed by atoms with van der Waals surface area (Å²) in [5.74, 6) is -1.78. The Kier molecular flexibility index (Phi) is 20.6. The molecule has 6 atom stereocenters. The van der Waals surface area contributed by atoms with Gasteiger partial charge in [-0.3, -0.25) is 9.80 Å². The summed E-state index contributed by atoms with van der Waals surface area (Å²) in [7, 11) is 0. The molecule has 0 aliphatic carbocycles. The summed E-state index contributed by atoms with van der Waals surface area (Å²) in [5.41, 5.74) is 2.93. The van der Waals surface area contributed by atoms with Crippen molar-refractivity contribution in [1.29, 1.82) is 0 Å². The second-order valence-electron chi connectivity index (χ2n) is 14.8. The van der Waals surface area contributed by atoms with E-state index in [0.29, 0.717) is 23.2 Å². The predicted molar refractivity (Wildman–Crippen MR) is 212 cm³/mol. The monoisotopic (exact) mass is 762 g/mol. The van der Waals surface area contributed by atoms with Crippen molar-refractivity contribution in [3.8, 4) is 0 Å². The second-order valence-corrected chi connectivity index (χ2v) is 15.9. The molecule has 2 aromatic rings. The normalized spacial score (nSPS) is 21.8. The molecule has 10 heteroatoms. The van der Waals surface area contributed by atoms with Gasteiger partial charge in [-0.25, -0.2) is 9.59 Å². The van der Waals surface area contributed by atoms with Gasteiger partial charge in [0.1, 0.15) is 0 Å². The Morgan fingerprint density at radius 3 is 1.33 bits per heavy atom. The van der Waals surface area contributed by atoms with Gasteiger partial charge >= 0.3 is 11.9 Å². The van der Waals surface area contributed by atoms with E-state index >= 15 is 0 Å². The Morgan fingerprint density at radius 2 is 1.00 bits per heavy atom. The molecule has 8 nitrogen and oxygen atoms in total. The summed E-state index contributed by atoms with van der Waals surface area (Å²) in [6.07, 6.45) is 15.7. The van der Waals surface area contributed by atoms with Crippen LogP contribution in [0, 0.1) is 0 Å². The third-order valence-electron chi connectivity index (χ3n) is 10.8. The van der Waals surface area contributed by atoms with Crippen molar-refractivity contribution < 1.29 is 30.0 Å². The summed E-state index contributed by atoms with van der Waals surface area (Å²) in [6.45, 7) is 8.16. The largest absolute Gasteiger partial charge is 0.478 e. The van der Waals surface area contributed by atoms with Crippen LogP contribution >= 0.6 is 23.2 Å². The topological polar surface area (TPSA) is 122 Å². The molecular formula is C42H64Cl2N2O6. The molecule has 2 aliphatic rings. The second kappa shape index (κ2) is 24.3. The van der Waals surface area contributed by atoms with Gasteiger partial charge in [0.05, 0.1) is 34.1 Å². The number of nitrogens with zero attached hydrogens (tertiary/aromatic N) is 2. The number of aromatic carboxylic acids is 2. The minimum atomic E-state index is -0.892. The lowest BCUT2D eigenvalue weighted by Gasteiger charge is -2.27. The fraction of sp³-hybridized carbons (Fsp3) is 0.667.